The van der Waals surface area contributed by atoms with Gasteiger partial charge < -0.3 is 15.2 Å². The van der Waals surface area contributed by atoms with Gasteiger partial charge in [0.05, 0.1) is 25.2 Å². The second-order valence-corrected chi connectivity index (χ2v) is 4.95. The number of amides is 1. The van der Waals surface area contributed by atoms with Crippen LogP contribution in [-0.4, -0.2) is 37.4 Å². The summed E-state index contributed by atoms with van der Waals surface area (Å²) in [5.41, 5.74) is 1.91. The van der Waals surface area contributed by atoms with E-state index >= 15 is 0 Å². The standard InChI is InChI=1S/C12H19NO3/c1-9-3-2-4-10(9)11(15)13-5-12(6-14)7-16-8-12/h14H,2-8H2,1H3,(H,13,15). The number of rotatable bonds is 4. The lowest BCUT2D eigenvalue weighted by Crippen LogP contribution is -2.53. The first-order valence-electron chi connectivity index (χ1n) is 5.82. The van der Waals surface area contributed by atoms with Crippen LogP contribution in [0.4, 0.5) is 0 Å². The number of aliphatic hydroxyl groups is 1. The number of carbonyl (C=O) groups is 1. The van der Waals surface area contributed by atoms with Crippen LogP contribution < -0.4 is 5.32 Å². The Balaban J connectivity index is 1.86. The van der Waals surface area contributed by atoms with Crippen LogP contribution in [0, 0.1) is 5.41 Å². The lowest BCUT2D eigenvalue weighted by atomic mass is 9.87. The first-order valence-corrected chi connectivity index (χ1v) is 5.82. The molecule has 4 nitrogen and oxygen atoms in total. The lowest BCUT2D eigenvalue weighted by molar-refractivity contribution is -0.139. The molecule has 2 N–H and O–H groups in total. The Hall–Kier alpha value is -0.870. The number of nitrogens with one attached hydrogen (secondary N) is 1. The van der Waals surface area contributed by atoms with Crippen molar-refractivity contribution in [2.24, 2.45) is 5.41 Å². The molecule has 0 aromatic carbocycles. The van der Waals surface area contributed by atoms with Gasteiger partial charge in [0.1, 0.15) is 0 Å². The van der Waals surface area contributed by atoms with Gasteiger partial charge in [0, 0.05) is 12.1 Å². The molecule has 0 aromatic heterocycles. The summed E-state index contributed by atoms with van der Waals surface area (Å²) in [4.78, 5) is 11.9. The third kappa shape index (κ3) is 2.13. The van der Waals surface area contributed by atoms with Crippen LogP contribution in [0.25, 0.3) is 0 Å². The molecule has 2 aliphatic rings. The second kappa shape index (κ2) is 4.55. The van der Waals surface area contributed by atoms with Crippen molar-refractivity contribution < 1.29 is 14.6 Å². The number of hydrogen-bond acceptors (Lipinski definition) is 3. The fraction of sp³-hybridized carbons (Fsp3) is 0.750. The van der Waals surface area contributed by atoms with Gasteiger partial charge >= 0.3 is 0 Å². The molecule has 1 heterocycles. The van der Waals surface area contributed by atoms with Crippen LogP contribution in [0.1, 0.15) is 26.2 Å². The highest BCUT2D eigenvalue weighted by atomic mass is 16.5. The summed E-state index contributed by atoms with van der Waals surface area (Å²) in [6, 6.07) is 0. The molecular formula is C12H19NO3. The van der Waals surface area contributed by atoms with Crippen molar-refractivity contribution in [1.29, 1.82) is 0 Å². The maximum absolute atomic E-state index is 11.9. The van der Waals surface area contributed by atoms with Gasteiger partial charge in [-0.3, -0.25) is 4.79 Å². The molecule has 0 aromatic rings. The largest absolute Gasteiger partial charge is 0.396 e. The molecule has 1 aliphatic heterocycles. The second-order valence-electron chi connectivity index (χ2n) is 4.95. The van der Waals surface area contributed by atoms with Crippen molar-refractivity contribution in [2.75, 3.05) is 26.4 Å². The summed E-state index contributed by atoms with van der Waals surface area (Å²) in [7, 11) is 0. The smallest absolute Gasteiger partial charge is 0.247 e. The van der Waals surface area contributed by atoms with Gasteiger partial charge in [-0.05, 0) is 26.2 Å². The van der Waals surface area contributed by atoms with E-state index in [-0.39, 0.29) is 17.9 Å². The van der Waals surface area contributed by atoms with Crippen LogP contribution >= 0.6 is 0 Å². The predicted octanol–water partition coefficient (Wildman–Crippen LogP) is 0.612. The van der Waals surface area contributed by atoms with E-state index in [9.17, 15) is 9.90 Å². The van der Waals surface area contributed by atoms with Gasteiger partial charge in [0.2, 0.25) is 5.91 Å². The minimum absolute atomic E-state index is 0.0368. The topological polar surface area (TPSA) is 58.6 Å². The van der Waals surface area contributed by atoms with Crippen molar-refractivity contribution in [3.05, 3.63) is 11.1 Å². The van der Waals surface area contributed by atoms with Crippen molar-refractivity contribution >= 4 is 5.91 Å². The van der Waals surface area contributed by atoms with Gasteiger partial charge in [-0.25, -0.2) is 0 Å². The van der Waals surface area contributed by atoms with Gasteiger partial charge in [0.25, 0.3) is 0 Å². The molecule has 16 heavy (non-hydrogen) atoms. The summed E-state index contributed by atoms with van der Waals surface area (Å²) < 4.78 is 5.08. The van der Waals surface area contributed by atoms with Crippen LogP contribution in [0.5, 0.6) is 0 Å². The van der Waals surface area contributed by atoms with E-state index in [1.807, 2.05) is 6.92 Å². The summed E-state index contributed by atoms with van der Waals surface area (Å²) in [6.45, 7) is 3.70. The average molecular weight is 225 g/mol. The van der Waals surface area contributed by atoms with Gasteiger partial charge in [-0.1, -0.05) is 5.57 Å². The zero-order valence-corrected chi connectivity index (χ0v) is 9.71. The van der Waals surface area contributed by atoms with E-state index < -0.39 is 0 Å². The maximum Gasteiger partial charge on any atom is 0.247 e. The SMILES string of the molecule is CC1=C(C(=O)NCC2(CO)COC2)CCC1. The molecule has 1 aliphatic carbocycles. The predicted molar refractivity (Wildman–Crippen MR) is 59.9 cm³/mol. The number of aliphatic hydroxyl groups excluding tert-OH is 1. The molecule has 0 bridgehead atoms. The molecule has 0 unspecified atom stereocenters. The van der Waals surface area contributed by atoms with E-state index in [0.717, 1.165) is 24.8 Å². The first kappa shape index (κ1) is 11.6. The molecule has 0 atom stereocenters. The number of hydrogen-bond donors (Lipinski definition) is 2. The van der Waals surface area contributed by atoms with Crippen molar-refractivity contribution in [2.45, 2.75) is 26.2 Å². The zero-order valence-electron chi connectivity index (χ0n) is 9.71. The Morgan fingerprint density at radius 3 is 2.69 bits per heavy atom. The highest BCUT2D eigenvalue weighted by Gasteiger charge is 2.38. The van der Waals surface area contributed by atoms with Crippen LogP contribution in [0.15, 0.2) is 11.1 Å². The Morgan fingerprint density at radius 2 is 2.25 bits per heavy atom. The van der Waals surface area contributed by atoms with E-state index in [0.29, 0.717) is 19.8 Å². The Bertz CT molecular complexity index is 313. The summed E-state index contributed by atoms with van der Waals surface area (Å²) in [6.07, 6.45) is 3.01. The molecule has 1 fully saturated rings. The van der Waals surface area contributed by atoms with Crippen LogP contribution in [0.2, 0.25) is 0 Å². The summed E-state index contributed by atoms with van der Waals surface area (Å²) >= 11 is 0. The van der Waals surface area contributed by atoms with Crippen molar-refractivity contribution in [3.8, 4) is 0 Å². The highest BCUT2D eigenvalue weighted by molar-refractivity contribution is 5.94. The molecular weight excluding hydrogens is 206 g/mol. The minimum Gasteiger partial charge on any atom is -0.396 e. The van der Waals surface area contributed by atoms with E-state index in [2.05, 4.69) is 5.32 Å². The first-order chi connectivity index (χ1) is 7.67. The van der Waals surface area contributed by atoms with E-state index in [1.165, 1.54) is 5.57 Å². The average Bonchev–Trinajstić information content (AvgIpc) is 2.63. The van der Waals surface area contributed by atoms with Crippen LogP contribution in [-0.2, 0) is 9.53 Å². The number of carbonyl (C=O) groups excluding carboxylic acids is 1. The summed E-state index contributed by atoms with van der Waals surface area (Å²) in [5, 5.41) is 12.1. The third-order valence-corrected chi connectivity index (χ3v) is 3.54. The Labute approximate surface area is 95.7 Å². The van der Waals surface area contributed by atoms with Crippen LogP contribution in [0.3, 0.4) is 0 Å². The highest BCUT2D eigenvalue weighted by Crippen LogP contribution is 2.27. The Morgan fingerprint density at radius 1 is 1.50 bits per heavy atom. The molecule has 1 saturated heterocycles. The van der Waals surface area contributed by atoms with Crippen molar-refractivity contribution in [3.63, 3.8) is 0 Å². The fourth-order valence-corrected chi connectivity index (χ4v) is 2.22. The molecule has 90 valence electrons. The molecule has 4 heteroatoms. The quantitative estimate of drug-likeness (QED) is 0.737. The minimum atomic E-state index is -0.233. The monoisotopic (exact) mass is 225 g/mol. The molecule has 0 saturated carbocycles. The van der Waals surface area contributed by atoms with Crippen molar-refractivity contribution in [1.82, 2.24) is 5.32 Å². The Kier molecular flexibility index (Phi) is 3.30. The number of ether oxygens (including phenoxy) is 1. The van der Waals surface area contributed by atoms with E-state index in [1.54, 1.807) is 0 Å². The third-order valence-electron chi connectivity index (χ3n) is 3.54. The van der Waals surface area contributed by atoms with Gasteiger partial charge in [-0.2, -0.15) is 0 Å². The van der Waals surface area contributed by atoms with Gasteiger partial charge in [-0.15, -0.1) is 0 Å². The fourth-order valence-electron chi connectivity index (χ4n) is 2.22. The number of allylic oxidation sites excluding steroid dienone is 1. The zero-order chi connectivity index (χ0) is 11.6. The maximum atomic E-state index is 11.9. The lowest BCUT2D eigenvalue weighted by Gasteiger charge is -2.39. The molecule has 2 rings (SSSR count). The normalized spacial score (nSPS) is 23.1. The molecule has 1 amide bonds. The van der Waals surface area contributed by atoms with E-state index in [4.69, 9.17) is 4.74 Å². The molecule has 0 spiro atoms. The molecule has 0 radical (unpaired) electrons. The van der Waals surface area contributed by atoms with Gasteiger partial charge in [0.15, 0.2) is 0 Å². The summed E-state index contributed by atoms with van der Waals surface area (Å²) in [5.74, 6) is 0.0368.